The number of benzene rings is 2. The van der Waals surface area contributed by atoms with Crippen LogP contribution in [0.3, 0.4) is 0 Å². The molecule has 4 aromatic rings. The Labute approximate surface area is 140 Å². The molecule has 0 saturated carbocycles. The van der Waals surface area contributed by atoms with E-state index in [1.165, 1.54) is 11.1 Å². The maximum atomic E-state index is 4.59. The monoisotopic (exact) mass is 315 g/mol. The van der Waals surface area contributed by atoms with Crippen LogP contribution in [0.15, 0.2) is 73.2 Å². The van der Waals surface area contributed by atoms with Crippen LogP contribution < -0.4 is 5.32 Å². The van der Waals surface area contributed by atoms with Gasteiger partial charge >= 0.3 is 0 Å². The first kappa shape index (κ1) is 14.4. The van der Waals surface area contributed by atoms with Crippen molar-refractivity contribution < 1.29 is 0 Å². The highest BCUT2D eigenvalue weighted by Gasteiger charge is 2.01. The van der Waals surface area contributed by atoms with E-state index in [-0.39, 0.29) is 0 Å². The third-order valence-corrected chi connectivity index (χ3v) is 3.82. The van der Waals surface area contributed by atoms with Gasteiger partial charge in [0.1, 0.15) is 5.82 Å². The number of aromatic nitrogens is 4. The van der Waals surface area contributed by atoms with Crippen LogP contribution in [0.1, 0.15) is 11.1 Å². The Balaban J connectivity index is 1.46. The van der Waals surface area contributed by atoms with Crippen molar-refractivity contribution in [3.63, 3.8) is 0 Å². The van der Waals surface area contributed by atoms with Gasteiger partial charge in [-0.2, -0.15) is 5.10 Å². The fraction of sp³-hybridized carbons (Fsp3) is 0.105. The molecule has 0 bridgehead atoms. The van der Waals surface area contributed by atoms with Gasteiger partial charge in [-0.05, 0) is 29.3 Å². The average molecular weight is 315 g/mol. The second-order valence-corrected chi connectivity index (χ2v) is 5.62. The summed E-state index contributed by atoms with van der Waals surface area (Å²) in [6.07, 6.45) is 5.54. The summed E-state index contributed by atoms with van der Waals surface area (Å²) in [5.41, 5.74) is 4.23. The smallest absolute Gasteiger partial charge is 0.145 e. The second kappa shape index (κ2) is 6.50. The van der Waals surface area contributed by atoms with Crippen LogP contribution in [0.25, 0.3) is 11.0 Å². The van der Waals surface area contributed by atoms with Crippen LogP contribution in [-0.4, -0.2) is 19.7 Å². The highest BCUT2D eigenvalue weighted by Crippen LogP contribution is 2.13. The van der Waals surface area contributed by atoms with E-state index < -0.39 is 0 Å². The summed E-state index contributed by atoms with van der Waals surface area (Å²) in [7, 11) is 0. The topological polar surface area (TPSA) is 55.6 Å². The molecule has 24 heavy (non-hydrogen) atoms. The Morgan fingerprint density at radius 1 is 0.917 bits per heavy atom. The molecule has 2 heterocycles. The summed E-state index contributed by atoms with van der Waals surface area (Å²) in [4.78, 5) is 9.01. The van der Waals surface area contributed by atoms with Crippen molar-refractivity contribution in [2.45, 2.75) is 13.1 Å². The molecule has 0 atom stereocenters. The molecule has 118 valence electrons. The zero-order chi connectivity index (χ0) is 16.2. The van der Waals surface area contributed by atoms with Gasteiger partial charge in [0.05, 0.1) is 23.8 Å². The molecule has 0 amide bonds. The number of anilines is 1. The fourth-order valence-corrected chi connectivity index (χ4v) is 2.65. The first-order valence-electron chi connectivity index (χ1n) is 7.88. The Bertz CT molecular complexity index is 947. The predicted octanol–water partition coefficient (Wildman–Crippen LogP) is 3.49. The van der Waals surface area contributed by atoms with Crippen LogP contribution >= 0.6 is 0 Å². The highest BCUT2D eigenvalue weighted by atomic mass is 15.3. The fourth-order valence-electron chi connectivity index (χ4n) is 2.65. The van der Waals surface area contributed by atoms with Gasteiger partial charge in [-0.15, -0.1) is 0 Å². The lowest BCUT2D eigenvalue weighted by Gasteiger charge is -2.08. The van der Waals surface area contributed by atoms with Gasteiger partial charge in [0.15, 0.2) is 0 Å². The number of nitrogens with one attached hydrogen (secondary N) is 1. The molecular weight excluding hydrogens is 298 g/mol. The Morgan fingerprint density at radius 3 is 2.67 bits per heavy atom. The second-order valence-electron chi connectivity index (χ2n) is 5.62. The van der Waals surface area contributed by atoms with Gasteiger partial charge in [-0.3, -0.25) is 9.67 Å². The Hall–Kier alpha value is -3.21. The van der Waals surface area contributed by atoms with E-state index in [4.69, 9.17) is 0 Å². The van der Waals surface area contributed by atoms with Gasteiger partial charge in [0.25, 0.3) is 0 Å². The molecule has 1 N–H and O–H groups in total. The molecule has 0 fully saturated rings. The molecule has 0 spiro atoms. The maximum Gasteiger partial charge on any atom is 0.145 e. The molecule has 0 saturated heterocycles. The van der Waals surface area contributed by atoms with Crippen molar-refractivity contribution in [1.29, 1.82) is 0 Å². The molecule has 2 aromatic heterocycles. The van der Waals surface area contributed by atoms with Crippen LogP contribution in [0, 0.1) is 0 Å². The first-order chi connectivity index (χ1) is 11.9. The van der Waals surface area contributed by atoms with Crippen molar-refractivity contribution in [1.82, 2.24) is 19.7 Å². The standard InChI is InChI=1S/C19H17N5/c1-2-8-18-17(7-1)20-13-19(23-18)21-12-15-5-3-6-16(11-15)14-24-10-4-9-22-24/h1-11,13H,12,14H2,(H,21,23). The quantitative estimate of drug-likeness (QED) is 0.612. The van der Waals surface area contributed by atoms with Crippen molar-refractivity contribution in [3.05, 3.63) is 84.3 Å². The third-order valence-electron chi connectivity index (χ3n) is 3.82. The largest absolute Gasteiger partial charge is 0.365 e. The Kier molecular flexibility index (Phi) is 3.90. The molecule has 5 nitrogen and oxygen atoms in total. The third kappa shape index (κ3) is 3.25. The van der Waals surface area contributed by atoms with E-state index in [1.807, 2.05) is 41.2 Å². The molecule has 2 aromatic carbocycles. The summed E-state index contributed by atoms with van der Waals surface area (Å²) in [5.74, 6) is 0.783. The maximum absolute atomic E-state index is 4.59. The molecule has 0 unspecified atom stereocenters. The molecule has 0 aliphatic carbocycles. The first-order valence-corrected chi connectivity index (χ1v) is 7.88. The number of rotatable bonds is 5. The lowest BCUT2D eigenvalue weighted by atomic mass is 10.1. The lowest BCUT2D eigenvalue weighted by molar-refractivity contribution is 0.686. The molecular formula is C19H17N5. The minimum absolute atomic E-state index is 0.708. The van der Waals surface area contributed by atoms with E-state index in [1.54, 1.807) is 12.4 Å². The number of nitrogens with zero attached hydrogens (tertiary/aromatic N) is 4. The van der Waals surface area contributed by atoms with E-state index in [0.717, 1.165) is 23.4 Å². The minimum Gasteiger partial charge on any atom is -0.365 e. The summed E-state index contributed by atoms with van der Waals surface area (Å²) in [6, 6.07) is 18.3. The number of para-hydroxylation sites is 2. The molecule has 0 aliphatic heterocycles. The summed E-state index contributed by atoms with van der Waals surface area (Å²) in [6.45, 7) is 1.48. The van der Waals surface area contributed by atoms with Crippen LogP contribution in [0.2, 0.25) is 0 Å². The van der Waals surface area contributed by atoms with E-state index in [0.29, 0.717) is 6.54 Å². The molecule has 0 aliphatic rings. The Morgan fingerprint density at radius 2 is 1.79 bits per heavy atom. The normalized spacial score (nSPS) is 10.8. The number of hydrogen-bond donors (Lipinski definition) is 1. The van der Waals surface area contributed by atoms with Crippen molar-refractivity contribution in [2.75, 3.05) is 5.32 Å². The van der Waals surface area contributed by atoms with E-state index >= 15 is 0 Å². The van der Waals surface area contributed by atoms with Gasteiger partial charge < -0.3 is 5.32 Å². The van der Waals surface area contributed by atoms with Crippen LogP contribution in [-0.2, 0) is 13.1 Å². The van der Waals surface area contributed by atoms with Crippen LogP contribution in [0.5, 0.6) is 0 Å². The van der Waals surface area contributed by atoms with E-state index in [2.05, 4.69) is 44.6 Å². The zero-order valence-electron chi connectivity index (χ0n) is 13.1. The summed E-state index contributed by atoms with van der Waals surface area (Å²) >= 11 is 0. The number of fused-ring (bicyclic) bond motifs is 1. The predicted molar refractivity (Wildman–Crippen MR) is 94.6 cm³/mol. The molecule has 4 rings (SSSR count). The van der Waals surface area contributed by atoms with Crippen molar-refractivity contribution in [3.8, 4) is 0 Å². The van der Waals surface area contributed by atoms with E-state index in [9.17, 15) is 0 Å². The van der Waals surface area contributed by atoms with Crippen molar-refractivity contribution in [2.24, 2.45) is 0 Å². The zero-order valence-corrected chi connectivity index (χ0v) is 13.1. The average Bonchev–Trinajstić information content (AvgIpc) is 3.13. The highest BCUT2D eigenvalue weighted by molar-refractivity contribution is 5.75. The lowest BCUT2D eigenvalue weighted by Crippen LogP contribution is -2.04. The van der Waals surface area contributed by atoms with Gasteiger partial charge in [0.2, 0.25) is 0 Å². The SMILES string of the molecule is c1cc(CNc2cnc3ccccc3n2)cc(Cn2cccn2)c1. The summed E-state index contributed by atoms with van der Waals surface area (Å²) in [5, 5.41) is 7.59. The number of hydrogen-bond acceptors (Lipinski definition) is 4. The molecule has 5 heteroatoms. The van der Waals surface area contributed by atoms with Crippen LogP contribution in [0.4, 0.5) is 5.82 Å². The van der Waals surface area contributed by atoms with Crippen molar-refractivity contribution >= 4 is 16.9 Å². The van der Waals surface area contributed by atoms with Gasteiger partial charge in [-0.1, -0.05) is 36.4 Å². The molecule has 0 radical (unpaired) electrons. The van der Waals surface area contributed by atoms with Gasteiger partial charge in [-0.25, -0.2) is 4.98 Å². The van der Waals surface area contributed by atoms with Gasteiger partial charge in [0, 0.05) is 18.9 Å². The summed E-state index contributed by atoms with van der Waals surface area (Å²) < 4.78 is 1.92. The minimum atomic E-state index is 0.708.